The van der Waals surface area contributed by atoms with Gasteiger partial charge < -0.3 is 9.73 Å². The van der Waals surface area contributed by atoms with Crippen molar-refractivity contribution in [3.63, 3.8) is 0 Å². The second kappa shape index (κ2) is 5.59. The van der Waals surface area contributed by atoms with E-state index in [1.54, 1.807) is 12.1 Å². The summed E-state index contributed by atoms with van der Waals surface area (Å²) in [4.78, 5) is 11.3. The van der Waals surface area contributed by atoms with E-state index in [9.17, 15) is 9.00 Å². The second-order valence-corrected chi connectivity index (χ2v) is 4.53. The van der Waals surface area contributed by atoms with E-state index < -0.39 is 10.8 Å². The zero-order valence-corrected chi connectivity index (χ0v) is 8.80. The molecule has 4 nitrogen and oxygen atoms in total. The van der Waals surface area contributed by atoms with Gasteiger partial charge in [-0.2, -0.15) is 0 Å². The SMILES string of the molecule is CCS(=O)CCNC(=O)c1ccco1. The van der Waals surface area contributed by atoms with Crippen molar-refractivity contribution in [3.8, 4) is 0 Å². The van der Waals surface area contributed by atoms with E-state index in [2.05, 4.69) is 5.32 Å². The highest BCUT2D eigenvalue weighted by Crippen LogP contribution is 1.98. The molecule has 0 aromatic carbocycles. The molecule has 0 aliphatic rings. The Morgan fingerprint density at radius 2 is 2.43 bits per heavy atom. The maximum atomic E-state index is 11.3. The van der Waals surface area contributed by atoms with E-state index in [1.165, 1.54) is 6.26 Å². The van der Waals surface area contributed by atoms with Crippen molar-refractivity contribution in [2.45, 2.75) is 6.92 Å². The maximum Gasteiger partial charge on any atom is 0.287 e. The Labute approximate surface area is 85.1 Å². The van der Waals surface area contributed by atoms with Crippen LogP contribution in [-0.2, 0) is 10.8 Å². The number of hydrogen-bond donors (Lipinski definition) is 1. The molecule has 1 N–H and O–H groups in total. The van der Waals surface area contributed by atoms with Gasteiger partial charge >= 0.3 is 0 Å². The molecule has 0 spiro atoms. The molecule has 1 rings (SSSR count). The lowest BCUT2D eigenvalue weighted by Crippen LogP contribution is -2.27. The summed E-state index contributed by atoms with van der Waals surface area (Å²) in [5.74, 6) is 1.13. The summed E-state index contributed by atoms with van der Waals surface area (Å²) in [5.41, 5.74) is 0. The van der Waals surface area contributed by atoms with Crippen molar-refractivity contribution in [2.24, 2.45) is 0 Å². The summed E-state index contributed by atoms with van der Waals surface area (Å²) >= 11 is 0. The Balaban J connectivity index is 2.26. The molecule has 0 fully saturated rings. The first-order valence-corrected chi connectivity index (χ1v) is 5.89. The quantitative estimate of drug-likeness (QED) is 0.789. The highest BCUT2D eigenvalue weighted by molar-refractivity contribution is 7.84. The zero-order valence-electron chi connectivity index (χ0n) is 7.99. The van der Waals surface area contributed by atoms with Crippen LogP contribution in [-0.4, -0.2) is 28.2 Å². The summed E-state index contributed by atoms with van der Waals surface area (Å²) < 4.78 is 15.9. The number of rotatable bonds is 5. The maximum absolute atomic E-state index is 11.3. The summed E-state index contributed by atoms with van der Waals surface area (Å²) in [5, 5.41) is 2.62. The van der Waals surface area contributed by atoms with E-state index in [-0.39, 0.29) is 11.7 Å². The number of amides is 1. The normalized spacial score (nSPS) is 12.4. The first kappa shape index (κ1) is 11.0. The topological polar surface area (TPSA) is 59.3 Å². The van der Waals surface area contributed by atoms with Crippen LogP contribution in [0.1, 0.15) is 17.5 Å². The van der Waals surface area contributed by atoms with Crippen LogP contribution in [0.5, 0.6) is 0 Å². The molecule has 0 radical (unpaired) electrons. The van der Waals surface area contributed by atoms with Gasteiger partial charge in [0, 0.05) is 28.9 Å². The van der Waals surface area contributed by atoms with Crippen molar-refractivity contribution in [2.75, 3.05) is 18.1 Å². The number of hydrogen-bond acceptors (Lipinski definition) is 3. The van der Waals surface area contributed by atoms with Gasteiger partial charge in [-0.25, -0.2) is 0 Å². The van der Waals surface area contributed by atoms with Gasteiger partial charge in [-0.1, -0.05) is 6.92 Å². The van der Waals surface area contributed by atoms with Gasteiger partial charge in [0.1, 0.15) is 0 Å². The molecule has 0 saturated carbocycles. The van der Waals surface area contributed by atoms with E-state index in [1.807, 2.05) is 6.92 Å². The van der Waals surface area contributed by atoms with Crippen molar-refractivity contribution in [3.05, 3.63) is 24.2 Å². The third-order valence-corrected chi connectivity index (χ3v) is 2.99. The van der Waals surface area contributed by atoms with Crippen LogP contribution in [0, 0.1) is 0 Å². The average molecular weight is 215 g/mol. The molecule has 1 aromatic heterocycles. The van der Waals surface area contributed by atoms with E-state index >= 15 is 0 Å². The molecule has 0 saturated heterocycles. The molecule has 0 bridgehead atoms. The van der Waals surface area contributed by atoms with Crippen molar-refractivity contribution in [1.29, 1.82) is 0 Å². The fourth-order valence-corrected chi connectivity index (χ4v) is 1.54. The largest absolute Gasteiger partial charge is 0.459 e. The van der Waals surface area contributed by atoms with E-state index in [0.29, 0.717) is 18.1 Å². The standard InChI is InChI=1S/C9H13NO3S/c1-2-14(12)7-5-10-9(11)8-4-3-6-13-8/h3-4,6H,2,5,7H2,1H3,(H,10,11). The van der Waals surface area contributed by atoms with Crippen molar-refractivity contribution in [1.82, 2.24) is 5.32 Å². The van der Waals surface area contributed by atoms with E-state index in [4.69, 9.17) is 4.42 Å². The van der Waals surface area contributed by atoms with Gasteiger partial charge in [0.15, 0.2) is 5.76 Å². The molecule has 5 heteroatoms. The molecule has 14 heavy (non-hydrogen) atoms. The van der Waals surface area contributed by atoms with Crippen LogP contribution >= 0.6 is 0 Å². The lowest BCUT2D eigenvalue weighted by atomic mass is 10.4. The number of carbonyl (C=O) groups is 1. The first-order valence-electron chi connectivity index (χ1n) is 4.40. The minimum Gasteiger partial charge on any atom is -0.459 e. The molecule has 1 unspecified atom stereocenters. The van der Waals surface area contributed by atoms with Gasteiger partial charge in [0.05, 0.1) is 6.26 Å². The molecule has 78 valence electrons. The summed E-state index contributed by atoms with van der Waals surface area (Å²) in [6.07, 6.45) is 1.44. The molecular weight excluding hydrogens is 202 g/mol. The van der Waals surface area contributed by atoms with Crippen LogP contribution in [0.2, 0.25) is 0 Å². The molecule has 1 atom stereocenters. The summed E-state index contributed by atoms with van der Waals surface area (Å²) in [7, 11) is -0.836. The van der Waals surface area contributed by atoms with Gasteiger partial charge in [-0.3, -0.25) is 9.00 Å². The van der Waals surface area contributed by atoms with Gasteiger partial charge in [0.2, 0.25) is 0 Å². The average Bonchev–Trinajstić information content (AvgIpc) is 2.70. The Morgan fingerprint density at radius 3 is 3.00 bits per heavy atom. The molecule has 0 aliphatic heterocycles. The lowest BCUT2D eigenvalue weighted by Gasteiger charge is -2.01. The van der Waals surface area contributed by atoms with Crippen LogP contribution in [0.25, 0.3) is 0 Å². The highest BCUT2D eigenvalue weighted by atomic mass is 32.2. The molecule has 1 heterocycles. The molecule has 0 aliphatic carbocycles. The van der Waals surface area contributed by atoms with Crippen LogP contribution < -0.4 is 5.32 Å². The highest BCUT2D eigenvalue weighted by Gasteiger charge is 2.07. The minimum atomic E-state index is -0.836. The third-order valence-electron chi connectivity index (χ3n) is 1.68. The summed E-state index contributed by atoms with van der Waals surface area (Å²) in [6, 6.07) is 3.24. The Hall–Kier alpha value is -1.10. The van der Waals surface area contributed by atoms with Crippen LogP contribution in [0.3, 0.4) is 0 Å². The molecule has 1 amide bonds. The number of furan rings is 1. The molecular formula is C9H13NO3S. The smallest absolute Gasteiger partial charge is 0.287 e. The van der Waals surface area contributed by atoms with Crippen molar-refractivity contribution >= 4 is 16.7 Å². The van der Waals surface area contributed by atoms with Crippen LogP contribution in [0.15, 0.2) is 22.8 Å². The monoisotopic (exact) mass is 215 g/mol. The number of nitrogens with one attached hydrogen (secondary N) is 1. The minimum absolute atomic E-state index is 0.261. The first-order chi connectivity index (χ1) is 6.74. The van der Waals surface area contributed by atoms with Gasteiger partial charge in [-0.05, 0) is 12.1 Å². The Bertz CT molecular complexity index is 308. The Morgan fingerprint density at radius 1 is 1.64 bits per heavy atom. The predicted molar refractivity (Wildman–Crippen MR) is 54.6 cm³/mol. The van der Waals surface area contributed by atoms with Crippen molar-refractivity contribution < 1.29 is 13.4 Å². The van der Waals surface area contributed by atoms with E-state index in [0.717, 1.165) is 0 Å². The van der Waals surface area contributed by atoms with Gasteiger partial charge in [-0.15, -0.1) is 0 Å². The fourth-order valence-electron chi connectivity index (χ4n) is 0.918. The second-order valence-electron chi connectivity index (χ2n) is 2.67. The zero-order chi connectivity index (χ0) is 10.4. The van der Waals surface area contributed by atoms with Crippen LogP contribution in [0.4, 0.5) is 0 Å². The predicted octanol–water partition coefficient (Wildman–Crippen LogP) is 0.778. The third kappa shape index (κ3) is 3.33. The number of carbonyl (C=O) groups excluding carboxylic acids is 1. The Kier molecular flexibility index (Phi) is 4.39. The molecule has 1 aromatic rings. The summed E-state index contributed by atoms with van der Waals surface area (Å²) in [6.45, 7) is 2.27. The van der Waals surface area contributed by atoms with Gasteiger partial charge in [0.25, 0.3) is 5.91 Å². The fraction of sp³-hybridized carbons (Fsp3) is 0.444. The lowest BCUT2D eigenvalue weighted by molar-refractivity contribution is 0.0928.